The predicted octanol–water partition coefficient (Wildman–Crippen LogP) is 4.80. The molecule has 0 aromatic heterocycles. The Labute approximate surface area is 127 Å². The van der Waals surface area contributed by atoms with Crippen LogP contribution < -0.4 is 10.5 Å². The number of hydrogen-bond donors (Lipinski definition) is 1. The van der Waals surface area contributed by atoms with Gasteiger partial charge in [0.2, 0.25) is 0 Å². The van der Waals surface area contributed by atoms with Crippen LogP contribution in [0, 0.1) is 6.92 Å². The van der Waals surface area contributed by atoms with Crippen LogP contribution in [0.3, 0.4) is 0 Å². The van der Waals surface area contributed by atoms with Gasteiger partial charge in [0.1, 0.15) is 11.5 Å². The molecule has 0 aliphatic carbocycles. The van der Waals surface area contributed by atoms with Crippen molar-refractivity contribution in [2.75, 3.05) is 0 Å². The third kappa shape index (κ3) is 4.33. The van der Waals surface area contributed by atoms with Crippen molar-refractivity contribution in [3.05, 3.63) is 59.2 Å². The Kier molecular flexibility index (Phi) is 5.03. The monoisotopic (exact) mass is 283 g/mol. The fourth-order valence-corrected chi connectivity index (χ4v) is 2.56. The smallest absolute Gasteiger partial charge is 0.127 e. The first-order valence-corrected chi connectivity index (χ1v) is 7.58. The van der Waals surface area contributed by atoms with E-state index in [-0.39, 0.29) is 6.04 Å². The second-order valence-electron chi connectivity index (χ2n) is 6.10. The molecule has 0 saturated heterocycles. The van der Waals surface area contributed by atoms with Gasteiger partial charge in [-0.2, -0.15) is 0 Å². The molecular formula is C19H25NO. The minimum absolute atomic E-state index is 0.183. The van der Waals surface area contributed by atoms with Crippen molar-refractivity contribution in [2.45, 2.75) is 46.1 Å². The highest BCUT2D eigenvalue weighted by Crippen LogP contribution is 2.27. The Morgan fingerprint density at radius 3 is 2.10 bits per heavy atom. The van der Waals surface area contributed by atoms with E-state index in [4.69, 9.17) is 10.5 Å². The molecule has 1 unspecified atom stereocenters. The van der Waals surface area contributed by atoms with E-state index in [1.54, 1.807) is 0 Å². The molecule has 0 radical (unpaired) electrons. The molecule has 0 heterocycles. The predicted molar refractivity (Wildman–Crippen MR) is 89.1 cm³/mol. The fraction of sp³-hybridized carbons (Fsp3) is 0.368. The molecule has 2 N–H and O–H groups in total. The zero-order valence-electron chi connectivity index (χ0n) is 13.4. The normalized spacial score (nSPS) is 12.5. The van der Waals surface area contributed by atoms with Gasteiger partial charge in [-0.15, -0.1) is 0 Å². The van der Waals surface area contributed by atoms with E-state index in [1.807, 2.05) is 25.1 Å². The molecule has 2 aromatic rings. The summed E-state index contributed by atoms with van der Waals surface area (Å²) in [4.78, 5) is 0. The number of rotatable bonds is 5. The zero-order chi connectivity index (χ0) is 15.4. The topological polar surface area (TPSA) is 35.2 Å². The quantitative estimate of drug-likeness (QED) is 0.855. The Morgan fingerprint density at radius 2 is 1.57 bits per heavy atom. The Balaban J connectivity index is 2.09. The molecule has 1 atom stereocenters. The van der Waals surface area contributed by atoms with E-state index < -0.39 is 0 Å². The number of nitrogens with two attached hydrogens (primary N) is 1. The van der Waals surface area contributed by atoms with Gasteiger partial charge >= 0.3 is 0 Å². The van der Waals surface area contributed by atoms with Crippen molar-refractivity contribution in [3.63, 3.8) is 0 Å². The lowest BCUT2D eigenvalue weighted by Crippen LogP contribution is -2.17. The van der Waals surface area contributed by atoms with Gasteiger partial charge in [0.25, 0.3) is 0 Å². The van der Waals surface area contributed by atoms with Crippen molar-refractivity contribution in [1.82, 2.24) is 0 Å². The van der Waals surface area contributed by atoms with Crippen molar-refractivity contribution in [3.8, 4) is 11.5 Å². The SMILES string of the molecule is Cc1cc(Oc2ccc(CC(C)N)cc2)ccc1C(C)C. The summed E-state index contributed by atoms with van der Waals surface area (Å²) in [6, 6.07) is 14.6. The van der Waals surface area contributed by atoms with Crippen molar-refractivity contribution in [1.29, 1.82) is 0 Å². The second-order valence-corrected chi connectivity index (χ2v) is 6.10. The van der Waals surface area contributed by atoms with E-state index >= 15 is 0 Å². The van der Waals surface area contributed by atoms with E-state index in [9.17, 15) is 0 Å². The summed E-state index contributed by atoms with van der Waals surface area (Å²) in [6.45, 7) is 8.57. The van der Waals surface area contributed by atoms with Crippen molar-refractivity contribution < 1.29 is 4.74 Å². The molecule has 2 rings (SSSR count). The summed E-state index contributed by atoms with van der Waals surface area (Å²) in [5.41, 5.74) is 9.69. The molecule has 112 valence electrons. The van der Waals surface area contributed by atoms with Gasteiger partial charge in [0, 0.05) is 6.04 Å². The molecule has 2 aromatic carbocycles. The summed E-state index contributed by atoms with van der Waals surface area (Å²) in [7, 11) is 0. The average molecular weight is 283 g/mol. The zero-order valence-corrected chi connectivity index (χ0v) is 13.4. The Hall–Kier alpha value is -1.80. The fourth-order valence-electron chi connectivity index (χ4n) is 2.56. The first-order valence-electron chi connectivity index (χ1n) is 7.58. The molecule has 0 aliphatic rings. The largest absolute Gasteiger partial charge is 0.457 e. The molecule has 21 heavy (non-hydrogen) atoms. The summed E-state index contributed by atoms with van der Waals surface area (Å²) in [5, 5.41) is 0. The Morgan fingerprint density at radius 1 is 0.952 bits per heavy atom. The van der Waals surface area contributed by atoms with Crippen LogP contribution in [-0.4, -0.2) is 6.04 Å². The molecule has 0 bridgehead atoms. The van der Waals surface area contributed by atoms with Crippen LogP contribution in [0.25, 0.3) is 0 Å². The van der Waals surface area contributed by atoms with Crippen LogP contribution in [0.2, 0.25) is 0 Å². The lowest BCUT2D eigenvalue weighted by Gasteiger charge is -2.12. The number of aryl methyl sites for hydroxylation is 1. The minimum atomic E-state index is 0.183. The van der Waals surface area contributed by atoms with Crippen molar-refractivity contribution >= 4 is 0 Å². The number of hydrogen-bond acceptors (Lipinski definition) is 2. The molecule has 0 saturated carbocycles. The van der Waals surface area contributed by atoms with Gasteiger partial charge in [-0.1, -0.05) is 32.0 Å². The van der Waals surface area contributed by atoms with Gasteiger partial charge in [0.15, 0.2) is 0 Å². The first kappa shape index (κ1) is 15.6. The van der Waals surface area contributed by atoms with Crippen LogP contribution >= 0.6 is 0 Å². The maximum atomic E-state index is 5.92. The summed E-state index contributed by atoms with van der Waals surface area (Å²) in [5.74, 6) is 2.29. The van der Waals surface area contributed by atoms with Crippen LogP contribution in [-0.2, 0) is 6.42 Å². The maximum Gasteiger partial charge on any atom is 0.127 e. The van der Waals surface area contributed by atoms with Gasteiger partial charge < -0.3 is 10.5 Å². The first-order chi connectivity index (χ1) is 9.95. The van der Waals surface area contributed by atoms with E-state index in [0.29, 0.717) is 5.92 Å². The highest BCUT2D eigenvalue weighted by atomic mass is 16.5. The standard InChI is InChI=1S/C19H25NO/c1-13(2)19-10-9-18(11-14(19)3)21-17-7-5-16(6-8-17)12-15(4)20/h5-11,13,15H,12,20H2,1-4H3. The van der Waals surface area contributed by atoms with Crippen LogP contribution in [0.4, 0.5) is 0 Å². The average Bonchev–Trinajstić information content (AvgIpc) is 2.40. The van der Waals surface area contributed by atoms with Crippen LogP contribution in [0.15, 0.2) is 42.5 Å². The molecule has 2 nitrogen and oxygen atoms in total. The number of benzene rings is 2. The summed E-state index contributed by atoms with van der Waals surface area (Å²) >= 11 is 0. The molecule has 0 spiro atoms. The highest BCUT2D eigenvalue weighted by molar-refractivity contribution is 5.39. The van der Waals surface area contributed by atoms with Crippen LogP contribution in [0.5, 0.6) is 11.5 Å². The van der Waals surface area contributed by atoms with Gasteiger partial charge in [-0.05, 0) is 67.1 Å². The highest BCUT2D eigenvalue weighted by Gasteiger charge is 2.06. The van der Waals surface area contributed by atoms with Crippen molar-refractivity contribution in [2.24, 2.45) is 5.73 Å². The van der Waals surface area contributed by atoms with Gasteiger partial charge in [-0.25, -0.2) is 0 Å². The lowest BCUT2D eigenvalue weighted by atomic mass is 9.98. The second kappa shape index (κ2) is 6.77. The van der Waals surface area contributed by atoms with Gasteiger partial charge in [0.05, 0.1) is 0 Å². The number of ether oxygens (including phenoxy) is 1. The lowest BCUT2D eigenvalue weighted by molar-refractivity contribution is 0.481. The molecule has 0 amide bonds. The van der Waals surface area contributed by atoms with E-state index in [0.717, 1.165) is 17.9 Å². The summed E-state index contributed by atoms with van der Waals surface area (Å²) in [6.07, 6.45) is 0.891. The molecule has 0 fully saturated rings. The molecule has 0 aliphatic heterocycles. The summed E-state index contributed by atoms with van der Waals surface area (Å²) < 4.78 is 5.92. The Bertz CT molecular complexity index is 585. The molecule has 2 heteroatoms. The molecular weight excluding hydrogens is 258 g/mol. The van der Waals surface area contributed by atoms with E-state index in [1.165, 1.54) is 16.7 Å². The maximum absolute atomic E-state index is 5.92. The third-order valence-electron chi connectivity index (χ3n) is 3.58. The van der Waals surface area contributed by atoms with Crippen LogP contribution in [0.1, 0.15) is 43.4 Å². The minimum Gasteiger partial charge on any atom is -0.457 e. The third-order valence-corrected chi connectivity index (χ3v) is 3.58. The van der Waals surface area contributed by atoms with Gasteiger partial charge in [-0.3, -0.25) is 0 Å². The van der Waals surface area contributed by atoms with E-state index in [2.05, 4.69) is 45.0 Å².